The van der Waals surface area contributed by atoms with Gasteiger partial charge >= 0.3 is 0 Å². The van der Waals surface area contributed by atoms with E-state index in [2.05, 4.69) is 38.9 Å². The number of anilines is 3. The van der Waals surface area contributed by atoms with Crippen molar-refractivity contribution >= 4 is 23.1 Å². The second kappa shape index (κ2) is 10.3. The molecule has 6 nitrogen and oxygen atoms in total. The molecule has 1 aliphatic heterocycles. The van der Waals surface area contributed by atoms with E-state index in [0.717, 1.165) is 24.5 Å². The van der Waals surface area contributed by atoms with E-state index in [1.807, 2.05) is 12.1 Å². The van der Waals surface area contributed by atoms with Crippen molar-refractivity contribution in [2.75, 3.05) is 30.4 Å². The van der Waals surface area contributed by atoms with E-state index in [-0.39, 0.29) is 12.2 Å². The minimum Gasteiger partial charge on any atom is -0.493 e. The Hall–Kier alpha value is -3.74. The van der Waals surface area contributed by atoms with Crippen LogP contribution >= 0.6 is 0 Å². The van der Waals surface area contributed by atoms with Crippen molar-refractivity contribution in [3.05, 3.63) is 72.7 Å². The molecule has 3 aromatic rings. The summed E-state index contributed by atoms with van der Waals surface area (Å²) in [7, 11) is 1.51. The van der Waals surface area contributed by atoms with Gasteiger partial charge in [0.15, 0.2) is 11.5 Å². The summed E-state index contributed by atoms with van der Waals surface area (Å²) in [6.45, 7) is 5.60. The summed E-state index contributed by atoms with van der Waals surface area (Å²) in [6, 6.07) is 12.6. The number of nitrogens with zero attached hydrogens (tertiary/aromatic N) is 3. The Balaban J connectivity index is 1.63. The van der Waals surface area contributed by atoms with Crippen LogP contribution in [0.5, 0.6) is 5.75 Å². The Labute approximate surface area is 193 Å². The number of halogens is 1. The van der Waals surface area contributed by atoms with Gasteiger partial charge in [-0.25, -0.2) is 14.4 Å². The normalized spacial score (nSPS) is 13.5. The summed E-state index contributed by atoms with van der Waals surface area (Å²) < 4.78 is 19.8. The van der Waals surface area contributed by atoms with Crippen LogP contribution in [0.4, 0.5) is 21.7 Å². The standard InChI is InChI=1S/C26H27FN4O2/c1-3-23(32)14-18-12-19(15-20(27)13-18)25-24(33-2)17-28-26(30-25)29-21-8-7-9-22(16-21)31-10-5-4-6-11-31/h3,7-9,12-13,15-17H,1,4-6,10-11,14H2,2H3,(H,28,29,30). The molecule has 170 valence electrons. The van der Waals surface area contributed by atoms with Crippen LogP contribution in [0.2, 0.25) is 0 Å². The SMILES string of the molecule is C=CC(=O)Cc1cc(F)cc(-c2nc(Nc3cccc(N4CCCCC4)c3)ncc2OC)c1. The van der Waals surface area contributed by atoms with Crippen LogP contribution in [-0.2, 0) is 11.2 Å². The van der Waals surface area contributed by atoms with E-state index < -0.39 is 5.82 Å². The van der Waals surface area contributed by atoms with Crippen molar-refractivity contribution in [2.45, 2.75) is 25.7 Å². The Morgan fingerprint density at radius 3 is 2.79 bits per heavy atom. The number of benzene rings is 2. The Kier molecular flexibility index (Phi) is 6.98. The van der Waals surface area contributed by atoms with E-state index in [9.17, 15) is 9.18 Å². The highest BCUT2D eigenvalue weighted by Gasteiger charge is 2.15. The molecule has 1 aliphatic rings. The number of carbonyl (C=O) groups is 1. The summed E-state index contributed by atoms with van der Waals surface area (Å²) in [4.78, 5) is 23.1. The number of piperidine rings is 1. The molecule has 4 rings (SSSR count). The van der Waals surface area contributed by atoms with Crippen molar-refractivity contribution in [3.8, 4) is 17.0 Å². The van der Waals surface area contributed by atoms with E-state index in [4.69, 9.17) is 4.74 Å². The number of carbonyl (C=O) groups excluding carboxylic acids is 1. The summed E-state index contributed by atoms with van der Waals surface area (Å²) in [5.74, 6) is 0.143. The molecule has 33 heavy (non-hydrogen) atoms. The average molecular weight is 447 g/mol. The fourth-order valence-corrected chi connectivity index (χ4v) is 4.01. The minimum atomic E-state index is -0.455. The number of allylic oxidation sites excluding steroid dienone is 1. The largest absolute Gasteiger partial charge is 0.493 e. The number of hydrogen-bond acceptors (Lipinski definition) is 6. The molecule has 0 spiro atoms. The lowest BCUT2D eigenvalue weighted by molar-refractivity contribution is -0.114. The van der Waals surface area contributed by atoms with Gasteiger partial charge in [-0.2, -0.15) is 0 Å². The molecular formula is C26H27FN4O2. The van der Waals surface area contributed by atoms with E-state index in [1.54, 1.807) is 12.3 Å². The van der Waals surface area contributed by atoms with E-state index in [1.165, 1.54) is 44.6 Å². The zero-order chi connectivity index (χ0) is 23.2. The molecule has 1 fully saturated rings. The maximum Gasteiger partial charge on any atom is 0.227 e. The predicted octanol–water partition coefficient (Wildman–Crippen LogP) is 5.32. The van der Waals surface area contributed by atoms with Crippen LogP contribution in [0.3, 0.4) is 0 Å². The number of ether oxygens (including phenoxy) is 1. The molecule has 0 radical (unpaired) electrons. The van der Waals surface area contributed by atoms with Gasteiger partial charge in [-0.05, 0) is 67.3 Å². The zero-order valence-corrected chi connectivity index (χ0v) is 18.7. The van der Waals surface area contributed by atoms with Crippen LogP contribution < -0.4 is 15.0 Å². The molecule has 2 heterocycles. The van der Waals surface area contributed by atoms with Gasteiger partial charge in [-0.15, -0.1) is 0 Å². The average Bonchev–Trinajstić information content (AvgIpc) is 2.84. The highest BCUT2D eigenvalue weighted by molar-refractivity contribution is 5.91. The third kappa shape index (κ3) is 5.55. The first-order valence-corrected chi connectivity index (χ1v) is 11.0. The predicted molar refractivity (Wildman–Crippen MR) is 129 cm³/mol. The number of methoxy groups -OCH3 is 1. The third-order valence-electron chi connectivity index (χ3n) is 5.64. The molecular weight excluding hydrogens is 419 g/mol. The van der Waals surface area contributed by atoms with Gasteiger partial charge in [0.2, 0.25) is 5.95 Å². The first kappa shape index (κ1) is 22.5. The maximum atomic E-state index is 14.3. The molecule has 0 unspecified atom stereocenters. The highest BCUT2D eigenvalue weighted by atomic mass is 19.1. The lowest BCUT2D eigenvalue weighted by Gasteiger charge is -2.29. The third-order valence-corrected chi connectivity index (χ3v) is 5.64. The fourth-order valence-electron chi connectivity index (χ4n) is 4.01. The second-order valence-electron chi connectivity index (χ2n) is 8.03. The molecule has 2 aromatic carbocycles. The fraction of sp³-hybridized carbons (Fsp3) is 0.269. The summed E-state index contributed by atoms with van der Waals surface area (Å²) in [5, 5.41) is 3.25. The van der Waals surface area contributed by atoms with Gasteiger partial charge in [0.05, 0.1) is 13.3 Å². The molecule has 7 heteroatoms. The van der Waals surface area contributed by atoms with E-state index >= 15 is 0 Å². The van der Waals surface area contributed by atoms with Gasteiger partial charge in [0, 0.05) is 36.4 Å². The van der Waals surface area contributed by atoms with Gasteiger partial charge in [-0.3, -0.25) is 4.79 Å². The molecule has 0 atom stereocenters. The summed E-state index contributed by atoms with van der Waals surface area (Å²) >= 11 is 0. The van der Waals surface area contributed by atoms with Crippen LogP contribution in [0, 0.1) is 5.82 Å². The molecule has 0 bridgehead atoms. The molecule has 1 N–H and O–H groups in total. The van der Waals surface area contributed by atoms with Crippen molar-refractivity contribution in [2.24, 2.45) is 0 Å². The topological polar surface area (TPSA) is 67.4 Å². The summed E-state index contributed by atoms with van der Waals surface area (Å²) in [5.41, 5.74) is 3.51. The van der Waals surface area contributed by atoms with Crippen LogP contribution in [0.25, 0.3) is 11.3 Å². The second-order valence-corrected chi connectivity index (χ2v) is 8.03. The maximum absolute atomic E-state index is 14.3. The lowest BCUT2D eigenvalue weighted by Crippen LogP contribution is -2.29. The number of rotatable bonds is 8. The smallest absolute Gasteiger partial charge is 0.227 e. The molecule has 0 saturated carbocycles. The van der Waals surface area contributed by atoms with Gasteiger partial charge < -0.3 is 15.0 Å². The molecule has 1 saturated heterocycles. The van der Waals surface area contributed by atoms with Gasteiger partial charge in [0.1, 0.15) is 11.5 Å². The lowest BCUT2D eigenvalue weighted by atomic mass is 10.0. The van der Waals surface area contributed by atoms with Crippen molar-refractivity contribution in [1.82, 2.24) is 9.97 Å². The van der Waals surface area contributed by atoms with E-state index in [0.29, 0.717) is 28.5 Å². The van der Waals surface area contributed by atoms with Gasteiger partial charge in [-0.1, -0.05) is 12.6 Å². The zero-order valence-electron chi connectivity index (χ0n) is 18.7. The number of hydrogen-bond donors (Lipinski definition) is 1. The van der Waals surface area contributed by atoms with Crippen LogP contribution in [-0.4, -0.2) is 36.0 Å². The minimum absolute atomic E-state index is 0.0655. The van der Waals surface area contributed by atoms with Crippen molar-refractivity contribution < 1.29 is 13.9 Å². The Bertz CT molecular complexity index is 1160. The molecule has 1 aromatic heterocycles. The molecule has 0 amide bonds. The monoisotopic (exact) mass is 446 g/mol. The number of nitrogens with one attached hydrogen (secondary N) is 1. The van der Waals surface area contributed by atoms with Crippen LogP contribution in [0.15, 0.2) is 61.3 Å². The Morgan fingerprint density at radius 2 is 2.03 bits per heavy atom. The van der Waals surface area contributed by atoms with Gasteiger partial charge in [0.25, 0.3) is 0 Å². The van der Waals surface area contributed by atoms with Crippen molar-refractivity contribution in [3.63, 3.8) is 0 Å². The molecule has 0 aliphatic carbocycles. The highest BCUT2D eigenvalue weighted by Crippen LogP contribution is 2.31. The first-order valence-electron chi connectivity index (χ1n) is 11.0. The quantitative estimate of drug-likeness (QED) is 0.472. The van der Waals surface area contributed by atoms with Crippen molar-refractivity contribution in [1.29, 1.82) is 0 Å². The Morgan fingerprint density at radius 1 is 1.21 bits per heavy atom. The number of aromatic nitrogens is 2. The first-order chi connectivity index (χ1) is 16.1. The summed E-state index contributed by atoms with van der Waals surface area (Å²) in [6.07, 6.45) is 6.54. The number of ketones is 1. The van der Waals surface area contributed by atoms with Crippen LogP contribution in [0.1, 0.15) is 24.8 Å².